The number of carboxylic acids is 1. The summed E-state index contributed by atoms with van der Waals surface area (Å²) in [6.07, 6.45) is -0.0307. The molecule has 0 radical (unpaired) electrons. The third-order valence-corrected chi connectivity index (χ3v) is 4.13. The Hall–Kier alpha value is -1.12. The molecule has 8 heteroatoms. The van der Waals surface area contributed by atoms with Gasteiger partial charge in [0.2, 0.25) is 0 Å². The summed E-state index contributed by atoms with van der Waals surface area (Å²) >= 11 is 6.51. The third kappa shape index (κ3) is 3.96. The van der Waals surface area contributed by atoms with E-state index in [2.05, 4.69) is 37.2 Å². The first-order chi connectivity index (χ1) is 9.88. The van der Waals surface area contributed by atoms with Gasteiger partial charge in [0.1, 0.15) is 0 Å². The number of morpholine rings is 1. The van der Waals surface area contributed by atoms with E-state index < -0.39 is 5.97 Å². The Kier molecular flexibility index (Phi) is 5.23. The molecule has 0 saturated carbocycles. The second kappa shape index (κ2) is 6.76. The number of rotatable bonds is 2. The van der Waals surface area contributed by atoms with Gasteiger partial charge in [-0.3, -0.25) is 0 Å². The molecule has 114 valence electrons. The van der Waals surface area contributed by atoms with Gasteiger partial charge in [0.05, 0.1) is 24.0 Å². The van der Waals surface area contributed by atoms with E-state index in [9.17, 15) is 14.7 Å². The Morgan fingerprint density at radius 2 is 2.14 bits per heavy atom. The molecule has 2 rings (SSSR count). The molecule has 1 aromatic rings. The van der Waals surface area contributed by atoms with Crippen molar-refractivity contribution in [3.63, 3.8) is 0 Å². The predicted octanol–water partition coefficient (Wildman–Crippen LogP) is 3.16. The molecule has 0 aromatic heterocycles. The number of ether oxygens (including phenoxy) is 1. The molecule has 1 atom stereocenters. The highest BCUT2D eigenvalue weighted by atomic mass is 79.9. The van der Waals surface area contributed by atoms with Crippen LogP contribution in [0.1, 0.15) is 17.3 Å². The Bertz CT molecular complexity index is 580. The summed E-state index contributed by atoms with van der Waals surface area (Å²) in [4.78, 5) is 25.2. The molecular formula is C13H14Br2N2O4. The quantitative estimate of drug-likeness (QED) is 0.768. The van der Waals surface area contributed by atoms with Crippen LogP contribution in [0.3, 0.4) is 0 Å². The first-order valence-corrected chi connectivity index (χ1v) is 7.87. The number of halogens is 2. The van der Waals surface area contributed by atoms with Crippen LogP contribution >= 0.6 is 31.9 Å². The van der Waals surface area contributed by atoms with Crippen molar-refractivity contribution in [2.24, 2.45) is 0 Å². The van der Waals surface area contributed by atoms with Crippen molar-refractivity contribution in [3.05, 3.63) is 26.6 Å². The fourth-order valence-electron chi connectivity index (χ4n) is 2.06. The lowest BCUT2D eigenvalue weighted by Gasteiger charge is -2.31. The van der Waals surface area contributed by atoms with Crippen molar-refractivity contribution in [1.82, 2.24) is 4.90 Å². The lowest BCUT2D eigenvalue weighted by molar-refractivity contribution is -0.00139. The molecule has 1 aliphatic heterocycles. The van der Waals surface area contributed by atoms with Crippen LogP contribution in [0.4, 0.5) is 10.5 Å². The summed E-state index contributed by atoms with van der Waals surface area (Å²) < 4.78 is 6.50. The molecule has 1 fully saturated rings. The number of carbonyl (C=O) groups is 2. The average molecular weight is 422 g/mol. The molecule has 2 N–H and O–H groups in total. The normalized spacial score (nSPS) is 18.4. The number of carbonyl (C=O) groups excluding carboxylic acids is 1. The lowest BCUT2D eigenvalue weighted by Crippen LogP contribution is -2.46. The Balaban J connectivity index is 2.22. The van der Waals surface area contributed by atoms with E-state index in [0.29, 0.717) is 28.6 Å². The largest absolute Gasteiger partial charge is 0.478 e. The molecule has 6 nitrogen and oxygen atoms in total. The van der Waals surface area contributed by atoms with Gasteiger partial charge in [-0.05, 0) is 35.0 Å². The number of hydrogen-bond acceptors (Lipinski definition) is 3. The molecule has 0 bridgehead atoms. The fraction of sp³-hybridized carbons (Fsp3) is 0.385. The van der Waals surface area contributed by atoms with Gasteiger partial charge in [0.25, 0.3) is 0 Å². The number of carboxylic acid groups (broad SMARTS) is 1. The van der Waals surface area contributed by atoms with Gasteiger partial charge in [-0.15, -0.1) is 0 Å². The topological polar surface area (TPSA) is 78.9 Å². The van der Waals surface area contributed by atoms with Gasteiger partial charge < -0.3 is 20.1 Å². The zero-order valence-electron chi connectivity index (χ0n) is 11.2. The van der Waals surface area contributed by atoms with Crippen molar-refractivity contribution < 1.29 is 19.4 Å². The van der Waals surface area contributed by atoms with Crippen molar-refractivity contribution in [3.8, 4) is 0 Å². The number of anilines is 1. The minimum atomic E-state index is -1.11. The van der Waals surface area contributed by atoms with Crippen LogP contribution < -0.4 is 5.32 Å². The zero-order valence-corrected chi connectivity index (χ0v) is 14.4. The van der Waals surface area contributed by atoms with Crippen LogP contribution in [-0.2, 0) is 4.74 Å². The Labute approximate surface area is 138 Å². The molecule has 21 heavy (non-hydrogen) atoms. The molecule has 1 aliphatic rings. The van der Waals surface area contributed by atoms with E-state index in [1.807, 2.05) is 6.92 Å². The maximum absolute atomic E-state index is 12.3. The van der Waals surface area contributed by atoms with Crippen LogP contribution in [0.15, 0.2) is 21.1 Å². The Morgan fingerprint density at radius 1 is 1.43 bits per heavy atom. The number of nitrogens with one attached hydrogen (secondary N) is 1. The highest BCUT2D eigenvalue weighted by Gasteiger charge is 2.24. The maximum Gasteiger partial charge on any atom is 0.337 e. The second-order valence-electron chi connectivity index (χ2n) is 4.67. The van der Waals surface area contributed by atoms with E-state index in [1.165, 1.54) is 6.07 Å². The summed E-state index contributed by atoms with van der Waals surface area (Å²) in [5, 5.41) is 11.9. The SMILES string of the molecule is CC1CN(C(=O)Nc2c(Br)cc(Br)cc2C(=O)O)CCO1. The summed E-state index contributed by atoms with van der Waals surface area (Å²) in [6, 6.07) is 2.80. The molecule has 0 aliphatic carbocycles. The van der Waals surface area contributed by atoms with Crippen LogP contribution in [-0.4, -0.2) is 47.8 Å². The van der Waals surface area contributed by atoms with Crippen molar-refractivity contribution in [1.29, 1.82) is 0 Å². The molecule has 1 unspecified atom stereocenters. The zero-order chi connectivity index (χ0) is 15.6. The monoisotopic (exact) mass is 420 g/mol. The standard InChI is InChI=1S/C13H14Br2N2O4/c1-7-6-17(2-3-21-7)13(20)16-11-9(12(18)19)4-8(14)5-10(11)15/h4-5,7H,2-3,6H2,1H3,(H,16,20)(H,18,19). The molecule has 0 spiro atoms. The number of urea groups is 1. The number of benzene rings is 1. The molecule has 1 saturated heterocycles. The maximum atomic E-state index is 12.3. The number of amides is 2. The highest BCUT2D eigenvalue weighted by Crippen LogP contribution is 2.31. The first-order valence-electron chi connectivity index (χ1n) is 6.28. The number of aromatic carboxylic acids is 1. The van der Waals surface area contributed by atoms with E-state index in [1.54, 1.807) is 11.0 Å². The molecule has 1 aromatic carbocycles. The summed E-state index contributed by atoms with van der Waals surface area (Å²) in [7, 11) is 0. The molecular weight excluding hydrogens is 408 g/mol. The summed E-state index contributed by atoms with van der Waals surface area (Å²) in [5.41, 5.74) is 0.265. The van der Waals surface area contributed by atoms with E-state index in [0.717, 1.165) is 0 Å². The minimum Gasteiger partial charge on any atom is -0.478 e. The minimum absolute atomic E-state index is 0.0194. The molecule has 2 amide bonds. The van der Waals surface area contributed by atoms with E-state index >= 15 is 0 Å². The van der Waals surface area contributed by atoms with Crippen molar-refractivity contribution in [2.75, 3.05) is 25.0 Å². The van der Waals surface area contributed by atoms with Gasteiger partial charge in [-0.25, -0.2) is 9.59 Å². The van der Waals surface area contributed by atoms with Gasteiger partial charge in [0.15, 0.2) is 0 Å². The highest BCUT2D eigenvalue weighted by molar-refractivity contribution is 9.11. The second-order valence-corrected chi connectivity index (χ2v) is 6.44. The van der Waals surface area contributed by atoms with Crippen molar-refractivity contribution in [2.45, 2.75) is 13.0 Å². The van der Waals surface area contributed by atoms with E-state index in [4.69, 9.17) is 4.74 Å². The lowest BCUT2D eigenvalue weighted by atomic mass is 10.2. The Morgan fingerprint density at radius 3 is 2.76 bits per heavy atom. The summed E-state index contributed by atoms with van der Waals surface area (Å²) in [6.45, 7) is 3.31. The van der Waals surface area contributed by atoms with Gasteiger partial charge in [-0.2, -0.15) is 0 Å². The van der Waals surface area contributed by atoms with Gasteiger partial charge in [-0.1, -0.05) is 15.9 Å². The summed E-state index contributed by atoms with van der Waals surface area (Å²) in [5.74, 6) is -1.11. The van der Waals surface area contributed by atoms with Crippen LogP contribution in [0.25, 0.3) is 0 Å². The van der Waals surface area contributed by atoms with Gasteiger partial charge >= 0.3 is 12.0 Å². The smallest absolute Gasteiger partial charge is 0.337 e. The average Bonchev–Trinajstić information content (AvgIpc) is 2.41. The number of nitrogens with zero attached hydrogens (tertiary/aromatic N) is 1. The molecule has 1 heterocycles. The van der Waals surface area contributed by atoms with E-state index in [-0.39, 0.29) is 23.4 Å². The first kappa shape index (κ1) is 16.3. The predicted molar refractivity (Wildman–Crippen MR) is 84.8 cm³/mol. The fourth-order valence-corrected chi connectivity index (χ4v) is 3.38. The van der Waals surface area contributed by atoms with Crippen LogP contribution in [0.5, 0.6) is 0 Å². The van der Waals surface area contributed by atoms with Gasteiger partial charge in [0, 0.05) is 22.0 Å². The third-order valence-electron chi connectivity index (χ3n) is 3.05. The number of hydrogen-bond donors (Lipinski definition) is 2. The van der Waals surface area contributed by atoms with Crippen LogP contribution in [0, 0.1) is 0 Å². The van der Waals surface area contributed by atoms with Crippen LogP contribution in [0.2, 0.25) is 0 Å². The van der Waals surface area contributed by atoms with Crippen molar-refractivity contribution >= 4 is 49.5 Å².